The number of hydrogen-bond acceptors (Lipinski definition) is 3. The summed E-state index contributed by atoms with van der Waals surface area (Å²) in [6, 6.07) is -0.255. The van der Waals surface area contributed by atoms with Crippen LogP contribution >= 0.6 is 11.8 Å². The van der Waals surface area contributed by atoms with Crippen LogP contribution in [0.25, 0.3) is 0 Å². The summed E-state index contributed by atoms with van der Waals surface area (Å²) in [6.07, 6.45) is 6.88. The van der Waals surface area contributed by atoms with Gasteiger partial charge < -0.3 is 10.2 Å². The molecule has 5 heteroatoms. The van der Waals surface area contributed by atoms with Gasteiger partial charge in [-0.2, -0.15) is 11.8 Å². The van der Waals surface area contributed by atoms with Gasteiger partial charge >= 0.3 is 0 Å². The maximum atomic E-state index is 13.0. The first kappa shape index (κ1) is 14.2. The molecular weight excluding hydrogens is 272 g/mol. The molecule has 0 aromatic rings. The quantitative estimate of drug-likeness (QED) is 0.866. The smallest absolute Gasteiger partial charge is 0.249 e. The van der Waals surface area contributed by atoms with Crippen LogP contribution in [0, 0.1) is 0 Å². The molecule has 112 valence electrons. The van der Waals surface area contributed by atoms with E-state index in [0.29, 0.717) is 11.7 Å². The monoisotopic (exact) mass is 296 g/mol. The van der Waals surface area contributed by atoms with Gasteiger partial charge in [-0.05, 0) is 37.9 Å². The van der Waals surface area contributed by atoms with E-state index in [0.717, 1.165) is 32.2 Å². The third kappa shape index (κ3) is 2.34. The molecule has 1 aliphatic carbocycles. The van der Waals surface area contributed by atoms with Crippen molar-refractivity contribution in [1.82, 2.24) is 10.2 Å². The second-order valence-corrected chi connectivity index (χ2v) is 7.70. The first-order chi connectivity index (χ1) is 9.66. The highest BCUT2D eigenvalue weighted by Crippen LogP contribution is 2.36. The van der Waals surface area contributed by atoms with Gasteiger partial charge in [0.25, 0.3) is 0 Å². The van der Waals surface area contributed by atoms with Crippen LogP contribution in [0.15, 0.2) is 0 Å². The average molecular weight is 296 g/mol. The zero-order valence-electron chi connectivity index (χ0n) is 12.2. The summed E-state index contributed by atoms with van der Waals surface area (Å²) in [6.45, 7) is 2.76. The zero-order valence-corrected chi connectivity index (χ0v) is 13.0. The summed E-state index contributed by atoms with van der Waals surface area (Å²) in [5.74, 6) is 1.45. The first-order valence-electron chi connectivity index (χ1n) is 7.91. The van der Waals surface area contributed by atoms with Crippen molar-refractivity contribution in [3.8, 4) is 0 Å². The van der Waals surface area contributed by atoms with Crippen molar-refractivity contribution in [3.63, 3.8) is 0 Å². The summed E-state index contributed by atoms with van der Waals surface area (Å²) in [7, 11) is 0. The Kier molecular flexibility index (Phi) is 3.98. The Labute approximate surface area is 125 Å². The van der Waals surface area contributed by atoms with Gasteiger partial charge in [-0.3, -0.25) is 9.59 Å². The molecule has 2 amide bonds. The molecule has 1 N–H and O–H groups in total. The van der Waals surface area contributed by atoms with Crippen LogP contribution in [0.3, 0.4) is 0 Å². The summed E-state index contributed by atoms with van der Waals surface area (Å²) in [5.41, 5.74) is -0.563. The van der Waals surface area contributed by atoms with E-state index in [2.05, 4.69) is 5.32 Å². The van der Waals surface area contributed by atoms with E-state index in [1.807, 2.05) is 23.6 Å². The van der Waals surface area contributed by atoms with Crippen LogP contribution < -0.4 is 5.32 Å². The van der Waals surface area contributed by atoms with Crippen LogP contribution in [0.5, 0.6) is 0 Å². The Bertz CT molecular complexity index is 401. The van der Waals surface area contributed by atoms with Gasteiger partial charge in [-0.25, -0.2) is 0 Å². The van der Waals surface area contributed by atoms with Crippen LogP contribution in [0.4, 0.5) is 0 Å². The Morgan fingerprint density at radius 1 is 1.30 bits per heavy atom. The zero-order chi connectivity index (χ0) is 14.2. The van der Waals surface area contributed by atoms with Crippen molar-refractivity contribution in [3.05, 3.63) is 0 Å². The summed E-state index contributed by atoms with van der Waals surface area (Å²) in [5, 5.41) is 3.59. The fourth-order valence-corrected chi connectivity index (χ4v) is 5.14. The van der Waals surface area contributed by atoms with Gasteiger partial charge in [0.2, 0.25) is 11.8 Å². The van der Waals surface area contributed by atoms with Gasteiger partial charge in [-0.1, -0.05) is 19.8 Å². The minimum absolute atomic E-state index is 0.0667. The number of amides is 2. The maximum Gasteiger partial charge on any atom is 0.249 e. The molecule has 2 heterocycles. The van der Waals surface area contributed by atoms with E-state index in [1.165, 1.54) is 18.6 Å². The Balaban J connectivity index is 1.81. The molecule has 2 unspecified atom stereocenters. The fourth-order valence-electron chi connectivity index (χ4n) is 3.87. The molecule has 3 rings (SSSR count). The molecule has 1 spiro atoms. The minimum Gasteiger partial charge on any atom is -0.340 e. The highest BCUT2D eigenvalue weighted by atomic mass is 32.2. The molecule has 3 fully saturated rings. The molecule has 0 aromatic heterocycles. The van der Waals surface area contributed by atoms with Crippen LogP contribution in [-0.2, 0) is 9.59 Å². The van der Waals surface area contributed by atoms with Gasteiger partial charge in [0.05, 0.1) is 0 Å². The Morgan fingerprint density at radius 2 is 2.05 bits per heavy atom. The molecule has 1 saturated carbocycles. The number of carbonyl (C=O) groups is 2. The predicted octanol–water partition coefficient (Wildman–Crippen LogP) is 1.93. The Morgan fingerprint density at radius 3 is 2.65 bits per heavy atom. The SMILES string of the molecule is CCC1C(=O)NC2(CCCC2)C(=O)N1CC1CCCS1. The van der Waals surface area contributed by atoms with Gasteiger partial charge in [0.15, 0.2) is 0 Å². The maximum absolute atomic E-state index is 13.0. The van der Waals surface area contributed by atoms with E-state index < -0.39 is 5.54 Å². The lowest BCUT2D eigenvalue weighted by Crippen LogP contribution is -2.69. The van der Waals surface area contributed by atoms with Crippen molar-refractivity contribution in [2.75, 3.05) is 12.3 Å². The number of rotatable bonds is 3. The number of nitrogens with one attached hydrogen (secondary N) is 1. The van der Waals surface area contributed by atoms with Crippen molar-refractivity contribution in [1.29, 1.82) is 0 Å². The fraction of sp³-hybridized carbons (Fsp3) is 0.867. The number of hydrogen-bond donors (Lipinski definition) is 1. The van der Waals surface area contributed by atoms with Crippen LogP contribution in [-0.4, -0.2) is 45.8 Å². The van der Waals surface area contributed by atoms with Crippen molar-refractivity contribution < 1.29 is 9.59 Å². The van der Waals surface area contributed by atoms with Crippen LogP contribution in [0.2, 0.25) is 0 Å². The van der Waals surface area contributed by atoms with E-state index in [9.17, 15) is 9.59 Å². The molecule has 0 radical (unpaired) electrons. The largest absolute Gasteiger partial charge is 0.340 e. The first-order valence-corrected chi connectivity index (χ1v) is 8.96. The molecule has 3 aliphatic rings. The van der Waals surface area contributed by atoms with Crippen molar-refractivity contribution >= 4 is 23.6 Å². The van der Waals surface area contributed by atoms with Gasteiger partial charge in [-0.15, -0.1) is 0 Å². The van der Waals surface area contributed by atoms with Gasteiger partial charge in [0.1, 0.15) is 11.6 Å². The van der Waals surface area contributed by atoms with Crippen LogP contribution in [0.1, 0.15) is 51.9 Å². The Hall–Kier alpha value is -0.710. The molecule has 0 aromatic carbocycles. The highest BCUT2D eigenvalue weighted by molar-refractivity contribution is 8.00. The lowest BCUT2D eigenvalue weighted by Gasteiger charge is -2.45. The van der Waals surface area contributed by atoms with Crippen molar-refractivity contribution in [2.45, 2.75) is 68.7 Å². The van der Waals surface area contributed by atoms with E-state index in [4.69, 9.17) is 0 Å². The second-order valence-electron chi connectivity index (χ2n) is 6.30. The lowest BCUT2D eigenvalue weighted by molar-refractivity contribution is -0.155. The van der Waals surface area contributed by atoms with E-state index in [-0.39, 0.29) is 17.9 Å². The summed E-state index contributed by atoms with van der Waals surface area (Å²) in [4.78, 5) is 27.3. The number of thioether (sulfide) groups is 1. The van der Waals surface area contributed by atoms with Crippen molar-refractivity contribution in [2.24, 2.45) is 0 Å². The number of piperazine rings is 1. The van der Waals surface area contributed by atoms with E-state index in [1.54, 1.807) is 0 Å². The molecule has 0 bridgehead atoms. The molecule has 4 nitrogen and oxygen atoms in total. The second kappa shape index (κ2) is 5.58. The molecular formula is C15H24N2O2S. The molecule has 2 aliphatic heterocycles. The molecule has 2 atom stereocenters. The predicted molar refractivity (Wildman–Crippen MR) is 80.6 cm³/mol. The molecule has 20 heavy (non-hydrogen) atoms. The normalized spacial score (nSPS) is 33.0. The van der Waals surface area contributed by atoms with E-state index >= 15 is 0 Å². The topological polar surface area (TPSA) is 49.4 Å². The average Bonchev–Trinajstić information content (AvgIpc) is 3.08. The number of nitrogens with zero attached hydrogens (tertiary/aromatic N) is 1. The van der Waals surface area contributed by atoms with Gasteiger partial charge in [0, 0.05) is 11.8 Å². The summed E-state index contributed by atoms with van der Waals surface area (Å²) >= 11 is 1.96. The molecule has 2 saturated heterocycles. The number of carbonyl (C=O) groups excluding carboxylic acids is 2. The third-order valence-corrected chi connectivity index (χ3v) is 6.36. The standard InChI is InChI=1S/C15H24N2O2S/c1-2-12-13(18)16-15(7-3-4-8-15)14(19)17(12)10-11-6-5-9-20-11/h11-12H,2-10H2,1H3,(H,16,18). The lowest BCUT2D eigenvalue weighted by atomic mass is 9.90. The third-order valence-electron chi connectivity index (χ3n) is 4.98. The highest BCUT2D eigenvalue weighted by Gasteiger charge is 2.51. The summed E-state index contributed by atoms with van der Waals surface area (Å²) < 4.78 is 0. The minimum atomic E-state index is -0.563.